The quantitative estimate of drug-likeness (QED) is 0.568. The fourth-order valence-electron chi connectivity index (χ4n) is 2.09. The van der Waals surface area contributed by atoms with Crippen molar-refractivity contribution in [2.75, 3.05) is 11.4 Å². The lowest BCUT2D eigenvalue weighted by Crippen LogP contribution is -2.33. The van der Waals surface area contributed by atoms with Gasteiger partial charge in [0.1, 0.15) is 0 Å². The molecule has 0 fully saturated rings. The third-order valence-electron chi connectivity index (χ3n) is 3.30. The molecule has 1 rings (SSSR count). The molecule has 0 aliphatic rings. The van der Waals surface area contributed by atoms with E-state index in [1.807, 2.05) is 12.1 Å². The summed E-state index contributed by atoms with van der Waals surface area (Å²) in [5.74, 6) is 0. The van der Waals surface area contributed by atoms with Crippen molar-refractivity contribution in [3.05, 3.63) is 33.9 Å². The number of hydrogen-bond acceptors (Lipinski definition) is 3. The van der Waals surface area contributed by atoms with Gasteiger partial charge in [0.25, 0.3) is 5.69 Å². The zero-order valence-electron chi connectivity index (χ0n) is 11.6. The van der Waals surface area contributed by atoms with Crippen molar-refractivity contribution < 1.29 is 4.92 Å². The highest BCUT2D eigenvalue weighted by Crippen LogP contribution is 2.26. The number of anilines is 1. The van der Waals surface area contributed by atoms with Crippen LogP contribution in [0.25, 0.3) is 0 Å². The molecule has 0 aromatic heterocycles. The van der Waals surface area contributed by atoms with Crippen molar-refractivity contribution in [3.63, 3.8) is 0 Å². The second kappa shape index (κ2) is 6.38. The van der Waals surface area contributed by atoms with Crippen LogP contribution >= 0.6 is 0 Å². The van der Waals surface area contributed by atoms with Crippen LogP contribution in [0.5, 0.6) is 0 Å². The lowest BCUT2D eigenvalue weighted by molar-refractivity contribution is -0.385. The van der Waals surface area contributed by atoms with Gasteiger partial charge in [0, 0.05) is 29.9 Å². The summed E-state index contributed by atoms with van der Waals surface area (Å²) in [6.07, 6.45) is 2.14. The van der Waals surface area contributed by atoms with E-state index in [1.54, 1.807) is 13.0 Å². The van der Waals surface area contributed by atoms with E-state index in [0.29, 0.717) is 6.04 Å². The van der Waals surface area contributed by atoms with E-state index in [2.05, 4.69) is 25.7 Å². The summed E-state index contributed by atoms with van der Waals surface area (Å²) < 4.78 is 0. The third kappa shape index (κ3) is 3.22. The first kappa shape index (κ1) is 14.5. The van der Waals surface area contributed by atoms with Crippen molar-refractivity contribution in [1.82, 2.24) is 0 Å². The summed E-state index contributed by atoms with van der Waals surface area (Å²) >= 11 is 0. The van der Waals surface area contributed by atoms with Gasteiger partial charge in [-0.25, -0.2) is 0 Å². The van der Waals surface area contributed by atoms with E-state index < -0.39 is 0 Å². The maximum Gasteiger partial charge on any atom is 0.272 e. The minimum atomic E-state index is -0.327. The zero-order chi connectivity index (χ0) is 13.7. The molecule has 1 aromatic rings. The van der Waals surface area contributed by atoms with Gasteiger partial charge < -0.3 is 4.90 Å². The smallest absolute Gasteiger partial charge is 0.272 e. The summed E-state index contributed by atoms with van der Waals surface area (Å²) in [5, 5.41) is 10.8. The molecule has 0 bridgehead atoms. The van der Waals surface area contributed by atoms with Crippen LogP contribution in [0, 0.1) is 17.0 Å². The number of benzene rings is 1. The first-order valence-electron chi connectivity index (χ1n) is 6.52. The highest BCUT2D eigenvalue weighted by Gasteiger charge is 2.16. The second-order valence-corrected chi connectivity index (χ2v) is 4.68. The Kier molecular flexibility index (Phi) is 5.13. The number of rotatable bonds is 6. The molecule has 4 nitrogen and oxygen atoms in total. The first-order valence-corrected chi connectivity index (χ1v) is 6.52. The van der Waals surface area contributed by atoms with Gasteiger partial charge >= 0.3 is 0 Å². The molecule has 0 N–H and O–H groups in total. The largest absolute Gasteiger partial charge is 0.369 e. The minimum absolute atomic E-state index is 0.194. The van der Waals surface area contributed by atoms with Crippen LogP contribution in [0.4, 0.5) is 11.4 Å². The molecule has 0 spiro atoms. The van der Waals surface area contributed by atoms with E-state index in [4.69, 9.17) is 0 Å². The van der Waals surface area contributed by atoms with Crippen LogP contribution in [0.1, 0.15) is 39.2 Å². The maximum absolute atomic E-state index is 10.8. The maximum atomic E-state index is 10.8. The van der Waals surface area contributed by atoms with Gasteiger partial charge in [0.2, 0.25) is 0 Å². The molecule has 0 saturated carbocycles. The van der Waals surface area contributed by atoms with Crippen molar-refractivity contribution in [3.8, 4) is 0 Å². The number of hydrogen-bond donors (Lipinski definition) is 0. The fourth-order valence-corrected chi connectivity index (χ4v) is 2.09. The van der Waals surface area contributed by atoms with Gasteiger partial charge in [-0.15, -0.1) is 0 Å². The standard InChI is InChI=1S/C14H22N2O2/c1-5-9-15(12(4)6-2)13-7-8-14(16(17)18)11(3)10-13/h7-8,10,12H,5-6,9H2,1-4H3/t12-/m0/s1. The topological polar surface area (TPSA) is 46.4 Å². The van der Waals surface area contributed by atoms with E-state index in [9.17, 15) is 10.1 Å². The summed E-state index contributed by atoms with van der Waals surface area (Å²) in [4.78, 5) is 12.8. The van der Waals surface area contributed by atoms with Crippen LogP contribution in [0.2, 0.25) is 0 Å². The van der Waals surface area contributed by atoms with Gasteiger partial charge in [-0.3, -0.25) is 10.1 Å². The molecular weight excluding hydrogens is 228 g/mol. The molecular formula is C14H22N2O2. The fraction of sp³-hybridized carbons (Fsp3) is 0.571. The van der Waals surface area contributed by atoms with Crippen molar-refractivity contribution >= 4 is 11.4 Å². The third-order valence-corrected chi connectivity index (χ3v) is 3.30. The predicted molar refractivity (Wildman–Crippen MR) is 75.2 cm³/mol. The minimum Gasteiger partial charge on any atom is -0.369 e. The van der Waals surface area contributed by atoms with Gasteiger partial charge in [-0.2, -0.15) is 0 Å². The molecule has 4 heteroatoms. The summed E-state index contributed by atoms with van der Waals surface area (Å²) in [7, 11) is 0. The molecule has 1 aromatic carbocycles. The van der Waals surface area contributed by atoms with E-state index >= 15 is 0 Å². The van der Waals surface area contributed by atoms with Crippen LogP contribution in [-0.2, 0) is 0 Å². The predicted octanol–water partition coefficient (Wildman–Crippen LogP) is 3.92. The summed E-state index contributed by atoms with van der Waals surface area (Å²) in [5.41, 5.74) is 2.00. The van der Waals surface area contributed by atoms with Gasteiger partial charge in [-0.05, 0) is 38.8 Å². The highest BCUT2D eigenvalue weighted by atomic mass is 16.6. The van der Waals surface area contributed by atoms with Crippen LogP contribution in [0.3, 0.4) is 0 Å². The van der Waals surface area contributed by atoms with Crippen molar-refractivity contribution in [1.29, 1.82) is 0 Å². The van der Waals surface area contributed by atoms with Crippen LogP contribution < -0.4 is 4.90 Å². The monoisotopic (exact) mass is 250 g/mol. The molecule has 0 radical (unpaired) electrons. The second-order valence-electron chi connectivity index (χ2n) is 4.68. The zero-order valence-corrected chi connectivity index (χ0v) is 11.6. The molecule has 0 amide bonds. The normalized spacial score (nSPS) is 12.2. The average molecular weight is 250 g/mol. The first-order chi connectivity index (χ1) is 8.51. The Labute approximate surface area is 109 Å². The SMILES string of the molecule is CCCN(c1ccc([N+](=O)[O-])c(C)c1)[C@@H](C)CC. The number of nitrogens with zero attached hydrogens (tertiary/aromatic N) is 2. The molecule has 18 heavy (non-hydrogen) atoms. The Morgan fingerprint density at radius 2 is 2.06 bits per heavy atom. The van der Waals surface area contributed by atoms with Gasteiger partial charge in [0.05, 0.1) is 4.92 Å². The number of aryl methyl sites for hydroxylation is 1. The highest BCUT2D eigenvalue weighted by molar-refractivity contribution is 5.55. The summed E-state index contributed by atoms with van der Waals surface area (Å²) in [6, 6.07) is 5.83. The lowest BCUT2D eigenvalue weighted by atomic mass is 10.1. The molecule has 1 atom stereocenters. The van der Waals surface area contributed by atoms with E-state index in [1.165, 1.54) is 0 Å². The Bertz CT molecular complexity index is 418. The summed E-state index contributed by atoms with van der Waals surface area (Å²) in [6.45, 7) is 9.26. The molecule has 0 saturated heterocycles. The van der Waals surface area contributed by atoms with Gasteiger partial charge in [-0.1, -0.05) is 13.8 Å². The molecule has 0 aliphatic heterocycles. The van der Waals surface area contributed by atoms with Crippen molar-refractivity contribution in [2.45, 2.75) is 46.6 Å². The van der Waals surface area contributed by atoms with Crippen LogP contribution in [0.15, 0.2) is 18.2 Å². The lowest BCUT2D eigenvalue weighted by Gasteiger charge is -2.30. The van der Waals surface area contributed by atoms with E-state index in [-0.39, 0.29) is 10.6 Å². The molecule has 0 heterocycles. The van der Waals surface area contributed by atoms with Crippen molar-refractivity contribution in [2.24, 2.45) is 0 Å². The Morgan fingerprint density at radius 1 is 1.39 bits per heavy atom. The Morgan fingerprint density at radius 3 is 2.50 bits per heavy atom. The number of nitro benzene ring substituents is 1. The molecule has 0 aliphatic carbocycles. The average Bonchev–Trinajstić information content (AvgIpc) is 2.34. The van der Waals surface area contributed by atoms with Crippen LogP contribution in [-0.4, -0.2) is 17.5 Å². The number of nitro groups is 1. The Hall–Kier alpha value is -1.58. The van der Waals surface area contributed by atoms with E-state index in [0.717, 1.165) is 30.6 Å². The van der Waals surface area contributed by atoms with Gasteiger partial charge in [0.15, 0.2) is 0 Å². The molecule has 100 valence electrons. The molecule has 0 unspecified atom stereocenters. The Balaban J connectivity index is 3.06.